The Hall–Kier alpha value is -0.560. The molecule has 1 rings (SSSR count). The summed E-state index contributed by atoms with van der Waals surface area (Å²) in [6.45, 7) is 5.58. The molecule has 0 aromatic rings. The largest absolute Gasteiger partial charge is 0.300 e. The van der Waals surface area contributed by atoms with Gasteiger partial charge in [-0.1, -0.05) is 30.7 Å². The molecule has 1 aliphatic heterocycles. The van der Waals surface area contributed by atoms with Crippen LogP contribution < -0.4 is 0 Å². The standard InChI is InChI=1S/C12H21N/c1-4-6-8-11(5-2)12-9-7-10-13(12)3/h4,6,8,12H,5,7,9-10H2,1-3H3/b6-4-,11-8+. The Morgan fingerprint density at radius 2 is 2.31 bits per heavy atom. The minimum Gasteiger partial charge on any atom is -0.300 e. The van der Waals surface area contributed by atoms with Gasteiger partial charge in [0.05, 0.1) is 0 Å². The van der Waals surface area contributed by atoms with Crippen molar-refractivity contribution in [2.75, 3.05) is 13.6 Å². The zero-order valence-corrected chi connectivity index (χ0v) is 9.09. The van der Waals surface area contributed by atoms with E-state index < -0.39 is 0 Å². The summed E-state index contributed by atoms with van der Waals surface area (Å²) >= 11 is 0. The first-order valence-corrected chi connectivity index (χ1v) is 5.31. The lowest BCUT2D eigenvalue weighted by molar-refractivity contribution is 0.340. The summed E-state index contributed by atoms with van der Waals surface area (Å²) in [4.78, 5) is 2.47. The maximum absolute atomic E-state index is 2.47. The molecule has 0 bridgehead atoms. The number of hydrogen-bond donors (Lipinski definition) is 0. The highest BCUT2D eigenvalue weighted by Gasteiger charge is 2.22. The van der Waals surface area contributed by atoms with E-state index in [1.165, 1.54) is 25.8 Å². The van der Waals surface area contributed by atoms with Crippen molar-refractivity contribution < 1.29 is 0 Å². The first-order valence-electron chi connectivity index (χ1n) is 5.31. The molecule has 1 heteroatoms. The molecule has 1 unspecified atom stereocenters. The number of rotatable bonds is 3. The lowest BCUT2D eigenvalue weighted by atomic mass is 10.0. The van der Waals surface area contributed by atoms with Gasteiger partial charge in [0.1, 0.15) is 0 Å². The quantitative estimate of drug-likeness (QED) is 0.602. The molecule has 1 heterocycles. The monoisotopic (exact) mass is 179 g/mol. The average Bonchev–Trinajstić information content (AvgIpc) is 2.54. The van der Waals surface area contributed by atoms with E-state index in [0.29, 0.717) is 6.04 Å². The van der Waals surface area contributed by atoms with E-state index in [0.717, 1.165) is 0 Å². The van der Waals surface area contributed by atoms with Gasteiger partial charge in [-0.15, -0.1) is 0 Å². The highest BCUT2D eigenvalue weighted by molar-refractivity contribution is 5.18. The van der Waals surface area contributed by atoms with Gasteiger partial charge in [0, 0.05) is 6.04 Å². The van der Waals surface area contributed by atoms with Crippen LogP contribution in [0.25, 0.3) is 0 Å². The SMILES string of the molecule is C/C=C\C=C(/CC)C1CCCN1C. The summed E-state index contributed by atoms with van der Waals surface area (Å²) < 4.78 is 0. The molecular formula is C12H21N. The molecule has 0 aliphatic carbocycles. The Balaban J connectivity index is 2.65. The number of likely N-dealkylation sites (N-methyl/N-ethyl adjacent to an activating group) is 1. The summed E-state index contributed by atoms with van der Waals surface area (Å²) in [5.74, 6) is 0. The maximum Gasteiger partial charge on any atom is 0.0307 e. The van der Waals surface area contributed by atoms with Crippen LogP contribution in [-0.2, 0) is 0 Å². The fourth-order valence-electron chi connectivity index (χ4n) is 2.06. The average molecular weight is 179 g/mol. The van der Waals surface area contributed by atoms with Gasteiger partial charge in [-0.05, 0) is 39.8 Å². The van der Waals surface area contributed by atoms with E-state index in [-0.39, 0.29) is 0 Å². The number of hydrogen-bond acceptors (Lipinski definition) is 1. The molecule has 1 aliphatic rings. The van der Waals surface area contributed by atoms with Crippen LogP contribution in [-0.4, -0.2) is 24.5 Å². The summed E-state index contributed by atoms with van der Waals surface area (Å²) in [6.07, 6.45) is 10.4. The van der Waals surface area contributed by atoms with Gasteiger partial charge in [0.2, 0.25) is 0 Å². The molecule has 13 heavy (non-hydrogen) atoms. The number of likely N-dealkylation sites (tertiary alicyclic amines) is 1. The van der Waals surface area contributed by atoms with E-state index >= 15 is 0 Å². The van der Waals surface area contributed by atoms with Gasteiger partial charge in [-0.25, -0.2) is 0 Å². The van der Waals surface area contributed by atoms with E-state index in [9.17, 15) is 0 Å². The Kier molecular flexibility index (Phi) is 4.23. The zero-order chi connectivity index (χ0) is 9.68. The molecule has 0 amide bonds. The molecule has 1 saturated heterocycles. The Labute approximate surface area is 82.1 Å². The van der Waals surface area contributed by atoms with Crippen molar-refractivity contribution in [1.82, 2.24) is 4.90 Å². The van der Waals surface area contributed by atoms with Crippen LogP contribution in [0, 0.1) is 0 Å². The second-order valence-corrected chi connectivity index (χ2v) is 3.76. The normalized spacial score (nSPS) is 26.1. The lowest BCUT2D eigenvalue weighted by Gasteiger charge is -2.21. The molecule has 1 fully saturated rings. The molecule has 0 aromatic carbocycles. The number of allylic oxidation sites excluding steroid dienone is 3. The van der Waals surface area contributed by atoms with Crippen LogP contribution in [0.2, 0.25) is 0 Å². The van der Waals surface area contributed by atoms with Gasteiger partial charge in [0.25, 0.3) is 0 Å². The van der Waals surface area contributed by atoms with Crippen molar-refractivity contribution in [3.8, 4) is 0 Å². The topological polar surface area (TPSA) is 3.24 Å². The summed E-state index contributed by atoms with van der Waals surface area (Å²) in [6, 6.07) is 0.709. The van der Waals surface area contributed by atoms with Crippen molar-refractivity contribution in [3.05, 3.63) is 23.8 Å². The maximum atomic E-state index is 2.47. The third-order valence-electron chi connectivity index (χ3n) is 2.86. The highest BCUT2D eigenvalue weighted by Crippen LogP contribution is 2.23. The molecule has 74 valence electrons. The second kappa shape index (κ2) is 5.23. The second-order valence-electron chi connectivity index (χ2n) is 3.76. The van der Waals surface area contributed by atoms with Crippen LogP contribution in [0.1, 0.15) is 33.1 Å². The molecule has 0 radical (unpaired) electrons. The third-order valence-corrected chi connectivity index (χ3v) is 2.86. The van der Waals surface area contributed by atoms with E-state index in [1.54, 1.807) is 5.57 Å². The van der Waals surface area contributed by atoms with Crippen molar-refractivity contribution in [1.29, 1.82) is 0 Å². The van der Waals surface area contributed by atoms with E-state index in [1.807, 2.05) is 0 Å². The Bertz CT molecular complexity index is 203. The van der Waals surface area contributed by atoms with Crippen LogP contribution >= 0.6 is 0 Å². The summed E-state index contributed by atoms with van der Waals surface area (Å²) in [5.41, 5.74) is 1.58. The fraction of sp³-hybridized carbons (Fsp3) is 0.667. The number of nitrogens with zero attached hydrogens (tertiary/aromatic N) is 1. The van der Waals surface area contributed by atoms with Crippen molar-refractivity contribution in [2.24, 2.45) is 0 Å². The highest BCUT2D eigenvalue weighted by atomic mass is 15.1. The predicted octanol–water partition coefficient (Wildman–Crippen LogP) is 2.99. The molecular weight excluding hydrogens is 158 g/mol. The van der Waals surface area contributed by atoms with Crippen LogP contribution in [0.15, 0.2) is 23.8 Å². The van der Waals surface area contributed by atoms with Crippen LogP contribution in [0.5, 0.6) is 0 Å². The molecule has 0 aromatic heterocycles. The lowest BCUT2D eigenvalue weighted by Crippen LogP contribution is -2.26. The Morgan fingerprint density at radius 3 is 2.77 bits per heavy atom. The van der Waals surface area contributed by atoms with Gasteiger partial charge >= 0.3 is 0 Å². The predicted molar refractivity (Wildman–Crippen MR) is 58.8 cm³/mol. The van der Waals surface area contributed by atoms with Crippen LogP contribution in [0.4, 0.5) is 0 Å². The summed E-state index contributed by atoms with van der Waals surface area (Å²) in [5, 5.41) is 0. The smallest absolute Gasteiger partial charge is 0.0307 e. The molecule has 0 spiro atoms. The molecule has 1 atom stereocenters. The minimum absolute atomic E-state index is 0.709. The van der Waals surface area contributed by atoms with Gasteiger partial charge in [0.15, 0.2) is 0 Å². The van der Waals surface area contributed by atoms with Gasteiger partial charge < -0.3 is 0 Å². The fourth-order valence-corrected chi connectivity index (χ4v) is 2.06. The minimum atomic E-state index is 0.709. The van der Waals surface area contributed by atoms with Gasteiger partial charge in [-0.2, -0.15) is 0 Å². The molecule has 1 nitrogen and oxygen atoms in total. The van der Waals surface area contributed by atoms with Crippen LogP contribution in [0.3, 0.4) is 0 Å². The van der Waals surface area contributed by atoms with Crippen molar-refractivity contribution in [2.45, 2.75) is 39.2 Å². The molecule has 0 saturated carbocycles. The first-order chi connectivity index (χ1) is 6.29. The van der Waals surface area contributed by atoms with E-state index in [2.05, 4.69) is 44.0 Å². The van der Waals surface area contributed by atoms with E-state index in [4.69, 9.17) is 0 Å². The van der Waals surface area contributed by atoms with Crippen molar-refractivity contribution >= 4 is 0 Å². The first kappa shape index (κ1) is 10.5. The van der Waals surface area contributed by atoms with Gasteiger partial charge in [-0.3, -0.25) is 4.90 Å². The zero-order valence-electron chi connectivity index (χ0n) is 9.09. The third kappa shape index (κ3) is 2.70. The Morgan fingerprint density at radius 1 is 1.54 bits per heavy atom. The van der Waals surface area contributed by atoms with Crippen molar-refractivity contribution in [3.63, 3.8) is 0 Å². The summed E-state index contributed by atoms with van der Waals surface area (Å²) in [7, 11) is 2.23. The molecule has 0 N–H and O–H groups in total.